The van der Waals surface area contributed by atoms with Gasteiger partial charge in [0, 0.05) is 0 Å². The molecule has 0 amide bonds. The van der Waals surface area contributed by atoms with Gasteiger partial charge in [0.1, 0.15) is 0 Å². The molecule has 1 atom stereocenters. The maximum absolute atomic E-state index is 10.8. The molecule has 4 heteroatoms. The summed E-state index contributed by atoms with van der Waals surface area (Å²) in [5.74, 6) is 0. The van der Waals surface area contributed by atoms with E-state index in [0.717, 1.165) is 11.1 Å². The molecule has 0 aromatic heterocycles. The molecule has 16 heavy (non-hydrogen) atoms. The van der Waals surface area contributed by atoms with E-state index in [4.69, 9.17) is 4.55 Å². The van der Waals surface area contributed by atoms with Crippen molar-refractivity contribution in [3.8, 4) is 11.1 Å². The number of hydrogen-bond donors (Lipinski definition) is 1. The van der Waals surface area contributed by atoms with Gasteiger partial charge in [-0.05, 0) is 23.3 Å². The predicted octanol–water partition coefficient (Wildman–Crippen LogP) is 0.0507. The van der Waals surface area contributed by atoms with Gasteiger partial charge in [0.25, 0.3) is 0 Å². The minimum atomic E-state index is -1.89. The summed E-state index contributed by atoms with van der Waals surface area (Å²) >= 11 is -1.89. The van der Waals surface area contributed by atoms with E-state index < -0.39 is 11.1 Å². The molecule has 78 valence electrons. The smallest absolute Gasteiger partial charge is 1.00 e. The van der Waals surface area contributed by atoms with Crippen molar-refractivity contribution in [2.75, 3.05) is 0 Å². The van der Waals surface area contributed by atoms with Crippen LogP contribution in [0.3, 0.4) is 0 Å². The zero-order valence-electron chi connectivity index (χ0n) is 9.96. The fourth-order valence-electron chi connectivity index (χ4n) is 1.39. The molecule has 2 aromatic carbocycles. The third kappa shape index (κ3) is 3.60. The van der Waals surface area contributed by atoms with E-state index in [1.165, 1.54) is 0 Å². The van der Waals surface area contributed by atoms with E-state index in [1.54, 1.807) is 12.1 Å². The molecule has 0 saturated heterocycles. The van der Waals surface area contributed by atoms with Crippen LogP contribution in [0.2, 0.25) is 0 Å². The van der Waals surface area contributed by atoms with Crippen LogP contribution in [0.1, 0.15) is 1.43 Å². The van der Waals surface area contributed by atoms with Crippen LogP contribution in [-0.2, 0) is 11.1 Å². The van der Waals surface area contributed by atoms with Crippen LogP contribution in [0, 0.1) is 0 Å². The Kier molecular flexibility index (Phi) is 6.06. The second kappa shape index (κ2) is 6.81. The van der Waals surface area contributed by atoms with Crippen LogP contribution in [-0.4, -0.2) is 8.76 Å². The summed E-state index contributed by atoms with van der Waals surface area (Å²) in [6.07, 6.45) is 0. The summed E-state index contributed by atoms with van der Waals surface area (Å²) < 4.78 is 19.6. The first kappa shape index (κ1) is 14.2. The van der Waals surface area contributed by atoms with Crippen LogP contribution < -0.4 is 51.4 Å². The van der Waals surface area contributed by atoms with Crippen LogP contribution in [0.25, 0.3) is 11.1 Å². The summed E-state index contributed by atoms with van der Waals surface area (Å²) in [6, 6.07) is 16.9. The fourth-order valence-corrected chi connectivity index (χ4v) is 1.76. The van der Waals surface area contributed by atoms with Gasteiger partial charge in [-0.3, -0.25) is 0 Å². The number of rotatable bonds is 2. The molecule has 0 saturated carbocycles. The quantitative estimate of drug-likeness (QED) is 0.610. The predicted molar refractivity (Wildman–Crippen MR) is 62.0 cm³/mol. The molecule has 2 rings (SSSR count). The minimum Gasteiger partial charge on any atom is -1.00 e. The Bertz CT molecular complexity index is 474. The van der Waals surface area contributed by atoms with Crippen molar-refractivity contribution in [1.29, 1.82) is 0 Å². The average Bonchev–Trinajstić information content (AvgIpc) is 2.30. The molecule has 0 radical (unpaired) electrons. The van der Waals surface area contributed by atoms with E-state index in [1.807, 2.05) is 42.5 Å². The monoisotopic (exact) mass is 258 g/mol. The third-order valence-electron chi connectivity index (χ3n) is 2.16. The van der Waals surface area contributed by atoms with Gasteiger partial charge in [-0.2, -0.15) is 0 Å². The molecule has 0 spiro atoms. The standard InChI is InChI=1S/C12H10O2S.K.H/c13-15(14)12-8-6-11(7-9-12)10-4-2-1-3-5-10;;/h1-9H,(H,13,14);;/q;+1;-1. The van der Waals surface area contributed by atoms with Crippen LogP contribution in [0.5, 0.6) is 0 Å². The average molecular weight is 258 g/mol. The van der Waals surface area contributed by atoms with Crippen LogP contribution in [0.15, 0.2) is 59.5 Å². The van der Waals surface area contributed by atoms with Gasteiger partial charge in [-0.1, -0.05) is 42.5 Å². The third-order valence-corrected chi connectivity index (χ3v) is 2.84. The molecule has 0 aliphatic rings. The molecular formula is C12H11KO2S. The Labute approximate surface area is 141 Å². The van der Waals surface area contributed by atoms with E-state index in [9.17, 15) is 4.21 Å². The van der Waals surface area contributed by atoms with E-state index >= 15 is 0 Å². The summed E-state index contributed by atoms with van der Waals surface area (Å²) in [4.78, 5) is 0.426. The molecule has 2 aromatic rings. The Hall–Kier alpha value is 0.186. The molecular weight excluding hydrogens is 247 g/mol. The van der Waals surface area contributed by atoms with Crippen molar-refractivity contribution in [1.82, 2.24) is 0 Å². The molecule has 2 nitrogen and oxygen atoms in total. The molecule has 0 fully saturated rings. The van der Waals surface area contributed by atoms with Gasteiger partial charge in [0.05, 0.1) is 4.90 Å². The zero-order valence-corrected chi connectivity index (χ0v) is 12.9. The van der Waals surface area contributed by atoms with Crippen molar-refractivity contribution in [3.63, 3.8) is 0 Å². The van der Waals surface area contributed by atoms with Gasteiger partial charge >= 0.3 is 51.4 Å². The van der Waals surface area contributed by atoms with Gasteiger partial charge in [0.2, 0.25) is 0 Å². The topological polar surface area (TPSA) is 37.3 Å². The van der Waals surface area contributed by atoms with E-state index in [0.29, 0.717) is 4.90 Å². The van der Waals surface area contributed by atoms with Crippen molar-refractivity contribution < 1.29 is 61.6 Å². The Morgan fingerprint density at radius 2 is 1.38 bits per heavy atom. The summed E-state index contributed by atoms with van der Waals surface area (Å²) in [6.45, 7) is 0. The maximum atomic E-state index is 10.8. The van der Waals surface area contributed by atoms with E-state index in [-0.39, 0.29) is 52.8 Å². The first-order valence-electron chi connectivity index (χ1n) is 4.54. The first-order chi connectivity index (χ1) is 7.27. The Balaban J connectivity index is 0.00000128. The SMILES string of the molecule is O=S(O)c1ccc(-c2ccccc2)cc1.[H-].[K+]. The van der Waals surface area contributed by atoms with Gasteiger partial charge in [0.15, 0.2) is 11.1 Å². The summed E-state index contributed by atoms with van der Waals surface area (Å²) in [5, 5.41) is 0. The van der Waals surface area contributed by atoms with Gasteiger partial charge in [-0.25, -0.2) is 4.21 Å². The minimum absolute atomic E-state index is 0. The largest absolute Gasteiger partial charge is 1.00 e. The molecule has 0 bridgehead atoms. The molecule has 0 aliphatic heterocycles. The summed E-state index contributed by atoms with van der Waals surface area (Å²) in [5.41, 5.74) is 2.15. The van der Waals surface area contributed by atoms with Crippen LogP contribution in [0.4, 0.5) is 0 Å². The Morgan fingerprint density at radius 1 is 0.875 bits per heavy atom. The normalized spacial score (nSPS) is 11.6. The molecule has 0 heterocycles. The van der Waals surface area contributed by atoms with Crippen molar-refractivity contribution in [2.45, 2.75) is 4.90 Å². The molecule has 1 N–H and O–H groups in total. The van der Waals surface area contributed by atoms with Crippen molar-refractivity contribution >= 4 is 11.1 Å². The second-order valence-electron chi connectivity index (χ2n) is 3.14. The fraction of sp³-hybridized carbons (Fsp3) is 0. The first-order valence-corrected chi connectivity index (χ1v) is 5.64. The molecule has 0 aliphatic carbocycles. The summed E-state index contributed by atoms with van der Waals surface area (Å²) in [7, 11) is 0. The maximum Gasteiger partial charge on any atom is 1.00 e. The number of hydrogen-bond acceptors (Lipinski definition) is 1. The van der Waals surface area contributed by atoms with Crippen molar-refractivity contribution in [3.05, 3.63) is 54.6 Å². The second-order valence-corrected chi connectivity index (χ2v) is 4.11. The zero-order chi connectivity index (χ0) is 10.7. The van der Waals surface area contributed by atoms with Crippen molar-refractivity contribution in [2.24, 2.45) is 0 Å². The van der Waals surface area contributed by atoms with Gasteiger partial charge in [-0.15, -0.1) is 0 Å². The van der Waals surface area contributed by atoms with Gasteiger partial charge < -0.3 is 5.98 Å². The van der Waals surface area contributed by atoms with E-state index in [2.05, 4.69) is 0 Å². The number of benzene rings is 2. The Morgan fingerprint density at radius 3 is 1.88 bits per heavy atom. The van der Waals surface area contributed by atoms with Crippen LogP contribution >= 0.6 is 0 Å². The molecule has 1 unspecified atom stereocenters.